The first kappa shape index (κ1) is 17.7. The van der Waals surface area contributed by atoms with E-state index < -0.39 is 16.9 Å². The second-order valence-electron chi connectivity index (χ2n) is 5.34. The van der Waals surface area contributed by atoms with E-state index in [9.17, 15) is 9.32 Å². The summed E-state index contributed by atoms with van der Waals surface area (Å²) in [6.45, 7) is 3.24. The smallest absolute Gasteiger partial charge is 0.119 e. The van der Waals surface area contributed by atoms with Crippen molar-refractivity contribution in [2.24, 2.45) is 0 Å². The van der Waals surface area contributed by atoms with E-state index in [2.05, 4.69) is 5.32 Å². The highest BCUT2D eigenvalue weighted by molar-refractivity contribution is 7.85. The molecule has 0 fully saturated rings. The zero-order chi connectivity index (χ0) is 16.5. The first-order valence-corrected chi connectivity index (χ1v) is 8.99. The van der Waals surface area contributed by atoms with Crippen molar-refractivity contribution in [3.8, 4) is 5.75 Å². The first-order valence-electron chi connectivity index (χ1n) is 7.67. The average molecular weight is 333 g/mol. The van der Waals surface area contributed by atoms with Gasteiger partial charge in [-0.25, -0.2) is 0 Å². The molecule has 0 amide bonds. The molecule has 2 aromatic rings. The second kappa shape index (κ2) is 9.45. The van der Waals surface area contributed by atoms with Crippen LogP contribution >= 0.6 is 0 Å². The number of aryl methyl sites for hydroxylation is 1. The number of nitrogens with one attached hydrogen (secondary N) is 1. The molecule has 5 heteroatoms. The van der Waals surface area contributed by atoms with E-state index in [-0.39, 0.29) is 6.61 Å². The Hall–Kier alpha value is -1.69. The minimum absolute atomic E-state index is 0.234. The van der Waals surface area contributed by atoms with Crippen LogP contribution in [0, 0.1) is 6.92 Å². The molecule has 0 bridgehead atoms. The fourth-order valence-electron chi connectivity index (χ4n) is 2.01. The van der Waals surface area contributed by atoms with Gasteiger partial charge in [-0.3, -0.25) is 4.21 Å². The zero-order valence-electron chi connectivity index (χ0n) is 13.3. The van der Waals surface area contributed by atoms with Crippen LogP contribution in [0.1, 0.15) is 5.56 Å². The number of aliphatic hydroxyl groups is 1. The molecule has 23 heavy (non-hydrogen) atoms. The Morgan fingerprint density at radius 2 is 1.83 bits per heavy atom. The van der Waals surface area contributed by atoms with Crippen LogP contribution in [-0.2, 0) is 10.8 Å². The van der Waals surface area contributed by atoms with Crippen molar-refractivity contribution in [3.05, 3.63) is 60.2 Å². The third-order valence-corrected chi connectivity index (χ3v) is 4.69. The molecule has 0 saturated heterocycles. The Kier molecular flexibility index (Phi) is 7.26. The van der Waals surface area contributed by atoms with Crippen LogP contribution in [0.25, 0.3) is 0 Å². The monoisotopic (exact) mass is 333 g/mol. The van der Waals surface area contributed by atoms with Gasteiger partial charge in [-0.2, -0.15) is 0 Å². The maximum Gasteiger partial charge on any atom is 0.119 e. The van der Waals surface area contributed by atoms with Gasteiger partial charge in [0.1, 0.15) is 18.5 Å². The molecule has 0 aromatic heterocycles. The van der Waals surface area contributed by atoms with Gasteiger partial charge in [-0.15, -0.1) is 0 Å². The predicted molar refractivity (Wildman–Crippen MR) is 93.3 cm³/mol. The van der Waals surface area contributed by atoms with Gasteiger partial charge in [0.2, 0.25) is 0 Å². The summed E-state index contributed by atoms with van der Waals surface area (Å²) in [4.78, 5) is 0.838. The quantitative estimate of drug-likeness (QED) is 0.690. The second-order valence-corrected chi connectivity index (χ2v) is 6.92. The number of aliphatic hydroxyl groups excluding tert-OH is 1. The van der Waals surface area contributed by atoms with Gasteiger partial charge < -0.3 is 15.2 Å². The van der Waals surface area contributed by atoms with Crippen LogP contribution in [0.15, 0.2) is 59.5 Å². The maximum atomic E-state index is 12.1. The fourth-order valence-corrected chi connectivity index (χ4v) is 3.01. The van der Waals surface area contributed by atoms with Crippen LogP contribution in [-0.4, -0.2) is 40.9 Å². The predicted octanol–water partition coefficient (Wildman–Crippen LogP) is 2.13. The lowest BCUT2D eigenvalue weighted by Gasteiger charge is -2.13. The molecule has 0 aliphatic heterocycles. The molecule has 4 nitrogen and oxygen atoms in total. The van der Waals surface area contributed by atoms with E-state index in [0.29, 0.717) is 18.8 Å². The van der Waals surface area contributed by atoms with E-state index in [1.54, 1.807) is 0 Å². The average Bonchev–Trinajstić information content (AvgIpc) is 2.58. The Morgan fingerprint density at radius 1 is 1.13 bits per heavy atom. The third-order valence-electron chi connectivity index (χ3n) is 3.31. The number of benzene rings is 2. The van der Waals surface area contributed by atoms with Crippen molar-refractivity contribution in [2.45, 2.75) is 17.9 Å². The van der Waals surface area contributed by atoms with Crippen LogP contribution in [0.5, 0.6) is 5.75 Å². The van der Waals surface area contributed by atoms with E-state index in [0.717, 1.165) is 16.2 Å². The SMILES string of the molecule is Cc1ccc([S@](=O)CCNC[C@@H](O)COc2ccccc2)cc1. The van der Waals surface area contributed by atoms with Crippen LogP contribution < -0.4 is 10.1 Å². The van der Waals surface area contributed by atoms with Gasteiger partial charge >= 0.3 is 0 Å². The Morgan fingerprint density at radius 3 is 2.52 bits per heavy atom. The van der Waals surface area contributed by atoms with E-state index >= 15 is 0 Å². The van der Waals surface area contributed by atoms with Crippen molar-refractivity contribution in [1.29, 1.82) is 0 Å². The summed E-state index contributed by atoms with van der Waals surface area (Å²) in [7, 11) is -1.02. The molecule has 0 heterocycles. The Balaban J connectivity index is 1.61. The lowest BCUT2D eigenvalue weighted by molar-refractivity contribution is 0.107. The molecule has 2 atom stereocenters. The zero-order valence-corrected chi connectivity index (χ0v) is 14.1. The van der Waals surface area contributed by atoms with Crippen molar-refractivity contribution >= 4 is 10.8 Å². The van der Waals surface area contributed by atoms with Crippen molar-refractivity contribution in [2.75, 3.05) is 25.4 Å². The topological polar surface area (TPSA) is 58.6 Å². The summed E-state index contributed by atoms with van der Waals surface area (Å²) in [5.41, 5.74) is 1.16. The number of hydrogen-bond donors (Lipinski definition) is 2. The first-order chi connectivity index (χ1) is 11.1. The molecule has 2 N–H and O–H groups in total. The van der Waals surface area contributed by atoms with Crippen LogP contribution in [0.2, 0.25) is 0 Å². The highest BCUT2D eigenvalue weighted by atomic mass is 32.2. The number of rotatable bonds is 9. The van der Waals surface area contributed by atoms with Crippen molar-refractivity contribution < 1.29 is 14.1 Å². The van der Waals surface area contributed by atoms with Crippen molar-refractivity contribution in [3.63, 3.8) is 0 Å². The minimum atomic E-state index is -1.02. The standard InChI is InChI=1S/C18H23NO3S/c1-15-7-9-18(10-8-15)23(21)12-11-19-13-16(20)14-22-17-5-3-2-4-6-17/h2-10,16,19-20H,11-14H2,1H3/t16-,23-/m1/s1. The van der Waals surface area contributed by atoms with Gasteiger partial charge in [0.15, 0.2) is 0 Å². The Bertz CT molecular complexity index is 601. The van der Waals surface area contributed by atoms with E-state index in [1.165, 1.54) is 0 Å². The van der Waals surface area contributed by atoms with Gasteiger partial charge in [0, 0.05) is 23.7 Å². The molecule has 124 valence electrons. The summed E-state index contributed by atoms with van der Waals surface area (Å²) in [5.74, 6) is 1.27. The molecule has 0 radical (unpaired) electrons. The van der Waals surface area contributed by atoms with Gasteiger partial charge in [0.25, 0.3) is 0 Å². The van der Waals surface area contributed by atoms with Gasteiger partial charge in [-0.05, 0) is 31.2 Å². The number of ether oxygens (including phenoxy) is 1. The lowest BCUT2D eigenvalue weighted by Crippen LogP contribution is -2.33. The van der Waals surface area contributed by atoms with Gasteiger partial charge in [0.05, 0.1) is 10.8 Å². The summed E-state index contributed by atoms with van der Waals surface area (Å²) >= 11 is 0. The summed E-state index contributed by atoms with van der Waals surface area (Å²) in [6.07, 6.45) is -0.594. The number of para-hydroxylation sites is 1. The molecule has 0 unspecified atom stereocenters. The fraction of sp³-hybridized carbons (Fsp3) is 0.333. The highest BCUT2D eigenvalue weighted by Gasteiger charge is 2.06. The van der Waals surface area contributed by atoms with E-state index in [4.69, 9.17) is 4.74 Å². The van der Waals surface area contributed by atoms with Crippen LogP contribution in [0.3, 0.4) is 0 Å². The Labute approximate surface area is 140 Å². The lowest BCUT2D eigenvalue weighted by atomic mass is 10.2. The molecular weight excluding hydrogens is 310 g/mol. The van der Waals surface area contributed by atoms with Crippen LogP contribution in [0.4, 0.5) is 0 Å². The molecule has 0 spiro atoms. The molecular formula is C18H23NO3S. The number of hydrogen-bond acceptors (Lipinski definition) is 4. The normalized spacial score (nSPS) is 13.5. The molecule has 0 aliphatic carbocycles. The van der Waals surface area contributed by atoms with E-state index in [1.807, 2.05) is 61.5 Å². The highest BCUT2D eigenvalue weighted by Crippen LogP contribution is 2.09. The minimum Gasteiger partial charge on any atom is -0.491 e. The summed E-state index contributed by atoms with van der Waals surface area (Å²) < 4.78 is 17.6. The van der Waals surface area contributed by atoms with Gasteiger partial charge in [-0.1, -0.05) is 35.9 Å². The maximum absolute atomic E-state index is 12.1. The largest absolute Gasteiger partial charge is 0.491 e. The summed E-state index contributed by atoms with van der Waals surface area (Å²) in [5, 5.41) is 13.0. The molecule has 2 rings (SSSR count). The molecule has 0 saturated carbocycles. The third kappa shape index (κ3) is 6.52. The summed E-state index contributed by atoms with van der Waals surface area (Å²) in [6, 6.07) is 17.1. The molecule has 0 aliphatic rings. The van der Waals surface area contributed by atoms with Crippen molar-refractivity contribution in [1.82, 2.24) is 5.32 Å². The molecule has 2 aromatic carbocycles.